The van der Waals surface area contributed by atoms with Gasteiger partial charge in [-0.25, -0.2) is 0 Å². The van der Waals surface area contributed by atoms with Crippen molar-refractivity contribution in [3.05, 3.63) is 70.8 Å². The van der Waals surface area contributed by atoms with E-state index in [1.165, 1.54) is 22.3 Å². The number of benzene rings is 2. The average molecular weight is 296 g/mol. The molecule has 0 saturated heterocycles. The van der Waals surface area contributed by atoms with E-state index in [-0.39, 0.29) is 5.60 Å². The summed E-state index contributed by atoms with van der Waals surface area (Å²) in [6, 6.07) is 17.5. The van der Waals surface area contributed by atoms with Gasteiger partial charge in [0.1, 0.15) is 0 Å². The summed E-state index contributed by atoms with van der Waals surface area (Å²) in [6.07, 6.45) is 4.04. The maximum absolute atomic E-state index is 6.05. The Bertz CT molecular complexity index is 582. The monoisotopic (exact) mass is 296 g/mol. The van der Waals surface area contributed by atoms with Gasteiger partial charge >= 0.3 is 0 Å². The molecule has 2 aromatic rings. The number of ether oxygens (including phenoxy) is 1. The Kier molecular flexibility index (Phi) is 5.79. The van der Waals surface area contributed by atoms with Crippen LogP contribution in [0.1, 0.15) is 49.4 Å². The Labute approximate surface area is 135 Å². The fraction of sp³-hybridized carbons (Fsp3) is 0.429. The summed E-state index contributed by atoms with van der Waals surface area (Å²) in [5.41, 5.74) is 5.28. The van der Waals surface area contributed by atoms with Gasteiger partial charge in [-0.05, 0) is 41.5 Å². The zero-order chi connectivity index (χ0) is 16.0. The first kappa shape index (κ1) is 16.8. The third-order valence-electron chi connectivity index (χ3n) is 4.79. The molecule has 0 aliphatic heterocycles. The van der Waals surface area contributed by atoms with Gasteiger partial charge in [0.2, 0.25) is 0 Å². The number of rotatable bonds is 7. The van der Waals surface area contributed by atoms with Crippen LogP contribution in [0, 0.1) is 0 Å². The molecule has 0 radical (unpaired) electrons. The zero-order valence-electron chi connectivity index (χ0n) is 14.4. The molecule has 118 valence electrons. The molecule has 0 amide bonds. The lowest BCUT2D eigenvalue weighted by molar-refractivity contribution is -0.0182. The van der Waals surface area contributed by atoms with Gasteiger partial charge in [0.25, 0.3) is 0 Å². The third-order valence-corrected chi connectivity index (χ3v) is 4.79. The van der Waals surface area contributed by atoms with Crippen molar-refractivity contribution in [1.82, 2.24) is 0 Å². The van der Waals surface area contributed by atoms with Crippen molar-refractivity contribution >= 4 is 0 Å². The summed E-state index contributed by atoms with van der Waals surface area (Å²) in [5.74, 6) is 0. The predicted molar refractivity (Wildman–Crippen MR) is 94.3 cm³/mol. The molecule has 1 heteroatoms. The normalized spacial score (nSPS) is 13.8. The van der Waals surface area contributed by atoms with Gasteiger partial charge in [-0.2, -0.15) is 0 Å². The fourth-order valence-electron chi connectivity index (χ4n) is 3.27. The average Bonchev–Trinajstić information content (AvgIpc) is 2.60. The highest BCUT2D eigenvalue weighted by atomic mass is 16.5. The summed E-state index contributed by atoms with van der Waals surface area (Å²) in [5, 5.41) is 0. The standard InChI is InChI=1S/C21H28O/c1-5-18-13-14-20(15-19(18)6-2)21(7-3,22-4)16-17-11-9-8-10-12-17/h8-15H,5-7,16H2,1-4H3. The molecule has 0 aliphatic carbocycles. The molecule has 0 fully saturated rings. The molecule has 0 aromatic heterocycles. The minimum Gasteiger partial charge on any atom is -0.373 e. The van der Waals surface area contributed by atoms with Crippen LogP contribution in [0.15, 0.2) is 48.5 Å². The van der Waals surface area contributed by atoms with E-state index in [1.54, 1.807) is 0 Å². The van der Waals surface area contributed by atoms with E-state index in [0.29, 0.717) is 0 Å². The van der Waals surface area contributed by atoms with Crippen LogP contribution in [0.3, 0.4) is 0 Å². The van der Waals surface area contributed by atoms with Crippen LogP contribution in [0.2, 0.25) is 0 Å². The van der Waals surface area contributed by atoms with Gasteiger partial charge in [-0.3, -0.25) is 0 Å². The maximum atomic E-state index is 6.05. The van der Waals surface area contributed by atoms with Gasteiger partial charge in [-0.1, -0.05) is 69.3 Å². The molecule has 0 aliphatic rings. The Morgan fingerprint density at radius 3 is 2.09 bits per heavy atom. The molecule has 2 rings (SSSR count). The van der Waals surface area contributed by atoms with E-state index >= 15 is 0 Å². The van der Waals surface area contributed by atoms with Gasteiger partial charge in [0.05, 0.1) is 5.60 Å². The molecule has 0 saturated carbocycles. The predicted octanol–water partition coefficient (Wildman–Crippen LogP) is 5.31. The second-order valence-electron chi connectivity index (χ2n) is 5.90. The third kappa shape index (κ3) is 3.41. The van der Waals surface area contributed by atoms with Gasteiger partial charge in [-0.15, -0.1) is 0 Å². The SMILES string of the molecule is CCc1ccc(C(CC)(Cc2ccccc2)OC)cc1CC. The molecule has 22 heavy (non-hydrogen) atoms. The molecule has 0 bridgehead atoms. The molecule has 1 nitrogen and oxygen atoms in total. The van der Waals surface area contributed by atoms with Crippen molar-refractivity contribution in [2.75, 3.05) is 7.11 Å². The number of hydrogen-bond donors (Lipinski definition) is 0. The first-order valence-corrected chi connectivity index (χ1v) is 8.40. The zero-order valence-corrected chi connectivity index (χ0v) is 14.4. The molecule has 2 aromatic carbocycles. The maximum Gasteiger partial charge on any atom is 0.0965 e. The van der Waals surface area contributed by atoms with E-state index in [2.05, 4.69) is 69.3 Å². The first-order chi connectivity index (χ1) is 10.7. The Balaban J connectivity index is 2.42. The van der Waals surface area contributed by atoms with Gasteiger partial charge in [0.15, 0.2) is 0 Å². The highest BCUT2D eigenvalue weighted by Gasteiger charge is 2.30. The van der Waals surface area contributed by atoms with Gasteiger partial charge in [0, 0.05) is 13.5 Å². The minimum atomic E-state index is -0.239. The van der Waals surface area contributed by atoms with E-state index in [1.807, 2.05) is 7.11 Å². The molecule has 0 spiro atoms. The summed E-state index contributed by atoms with van der Waals surface area (Å²) in [4.78, 5) is 0. The fourth-order valence-corrected chi connectivity index (χ4v) is 3.27. The van der Waals surface area contributed by atoms with Crippen LogP contribution in [0.25, 0.3) is 0 Å². The lowest BCUT2D eigenvalue weighted by atomic mass is 9.83. The lowest BCUT2D eigenvalue weighted by Gasteiger charge is -2.33. The van der Waals surface area contributed by atoms with Crippen LogP contribution in [-0.2, 0) is 29.6 Å². The molecule has 0 N–H and O–H groups in total. The largest absolute Gasteiger partial charge is 0.373 e. The number of methoxy groups -OCH3 is 1. The highest BCUT2D eigenvalue weighted by molar-refractivity contribution is 5.36. The molecule has 0 heterocycles. The van der Waals surface area contributed by atoms with E-state index in [0.717, 1.165) is 25.7 Å². The van der Waals surface area contributed by atoms with Crippen molar-refractivity contribution < 1.29 is 4.74 Å². The van der Waals surface area contributed by atoms with Crippen molar-refractivity contribution in [2.45, 2.75) is 52.1 Å². The summed E-state index contributed by atoms with van der Waals surface area (Å²) >= 11 is 0. The Hall–Kier alpha value is -1.60. The van der Waals surface area contributed by atoms with E-state index < -0.39 is 0 Å². The van der Waals surface area contributed by atoms with Crippen LogP contribution >= 0.6 is 0 Å². The van der Waals surface area contributed by atoms with Crippen molar-refractivity contribution in [1.29, 1.82) is 0 Å². The number of aryl methyl sites for hydroxylation is 2. The first-order valence-electron chi connectivity index (χ1n) is 8.40. The summed E-state index contributed by atoms with van der Waals surface area (Å²) in [7, 11) is 1.84. The molecular weight excluding hydrogens is 268 g/mol. The number of hydrogen-bond acceptors (Lipinski definition) is 1. The molecular formula is C21H28O. The van der Waals surface area contributed by atoms with Gasteiger partial charge < -0.3 is 4.74 Å². The van der Waals surface area contributed by atoms with Crippen LogP contribution in [0.4, 0.5) is 0 Å². The second kappa shape index (κ2) is 7.60. The summed E-state index contributed by atoms with van der Waals surface area (Å²) in [6.45, 7) is 6.67. The second-order valence-corrected chi connectivity index (χ2v) is 5.90. The smallest absolute Gasteiger partial charge is 0.0965 e. The van der Waals surface area contributed by atoms with E-state index in [4.69, 9.17) is 4.74 Å². The van der Waals surface area contributed by atoms with Crippen LogP contribution in [-0.4, -0.2) is 7.11 Å². The van der Waals surface area contributed by atoms with E-state index in [9.17, 15) is 0 Å². The minimum absolute atomic E-state index is 0.239. The van der Waals surface area contributed by atoms with Crippen molar-refractivity contribution in [3.63, 3.8) is 0 Å². The quantitative estimate of drug-likeness (QED) is 0.673. The summed E-state index contributed by atoms with van der Waals surface area (Å²) < 4.78 is 6.05. The topological polar surface area (TPSA) is 9.23 Å². The lowest BCUT2D eigenvalue weighted by Crippen LogP contribution is -2.30. The van der Waals surface area contributed by atoms with Crippen LogP contribution in [0.5, 0.6) is 0 Å². The van der Waals surface area contributed by atoms with Crippen molar-refractivity contribution in [2.24, 2.45) is 0 Å². The highest BCUT2D eigenvalue weighted by Crippen LogP contribution is 2.34. The van der Waals surface area contributed by atoms with Crippen LogP contribution < -0.4 is 0 Å². The molecule has 1 unspecified atom stereocenters. The molecule has 1 atom stereocenters. The van der Waals surface area contributed by atoms with Crippen molar-refractivity contribution in [3.8, 4) is 0 Å². The Morgan fingerprint density at radius 2 is 1.55 bits per heavy atom. The Morgan fingerprint density at radius 1 is 0.864 bits per heavy atom.